The van der Waals surface area contributed by atoms with Crippen molar-refractivity contribution >= 4 is 11.9 Å². The molecule has 0 aromatic rings. The number of esters is 1. The average Bonchev–Trinajstić information content (AvgIpc) is 1.98. The number of ether oxygens (including phenoxy) is 1. The maximum atomic E-state index is 10.8. The summed E-state index contributed by atoms with van der Waals surface area (Å²) in [5.74, 6) is -2.02. The highest BCUT2D eigenvalue weighted by Crippen LogP contribution is 1.97. The second-order valence-corrected chi connectivity index (χ2v) is 2.29. The molecule has 0 saturated heterocycles. The summed E-state index contributed by atoms with van der Waals surface area (Å²) in [7, 11) is 0. The summed E-state index contributed by atoms with van der Waals surface area (Å²) in [6.45, 7) is 3.65. The van der Waals surface area contributed by atoms with E-state index < -0.39 is 17.8 Å². The summed E-state index contributed by atoms with van der Waals surface area (Å²) in [5, 5.41) is 0. The van der Waals surface area contributed by atoms with Crippen LogP contribution in [0.4, 0.5) is 0 Å². The fraction of sp³-hybridized carbons (Fsp3) is 0.714. The van der Waals surface area contributed by atoms with Gasteiger partial charge in [0.2, 0.25) is 5.91 Å². The lowest BCUT2D eigenvalue weighted by atomic mass is 10.2. The van der Waals surface area contributed by atoms with Gasteiger partial charge >= 0.3 is 5.97 Å². The van der Waals surface area contributed by atoms with Crippen LogP contribution in [0.3, 0.4) is 0 Å². The van der Waals surface area contributed by atoms with Crippen LogP contribution in [0.2, 0.25) is 0 Å². The number of amides is 1. The standard InChI is InChI=1S/C7H13NO3/c1-3-4-11-7(10)5(2)6(8)9/h5H,3-4H2,1-2H3,(H2,8,9). The minimum atomic E-state index is -0.832. The first-order valence-electron chi connectivity index (χ1n) is 3.55. The van der Waals surface area contributed by atoms with Gasteiger partial charge in [0, 0.05) is 0 Å². The Labute approximate surface area is 65.7 Å². The Bertz CT molecular complexity index is 156. The molecular weight excluding hydrogens is 146 g/mol. The Balaban J connectivity index is 3.74. The van der Waals surface area contributed by atoms with Crippen molar-refractivity contribution < 1.29 is 14.3 Å². The van der Waals surface area contributed by atoms with Crippen molar-refractivity contribution in [3.63, 3.8) is 0 Å². The summed E-state index contributed by atoms with van der Waals surface area (Å²) >= 11 is 0. The van der Waals surface area contributed by atoms with E-state index in [2.05, 4.69) is 4.74 Å². The maximum absolute atomic E-state index is 10.8. The molecule has 11 heavy (non-hydrogen) atoms. The van der Waals surface area contributed by atoms with Gasteiger partial charge in [-0.1, -0.05) is 6.92 Å². The van der Waals surface area contributed by atoms with E-state index in [0.29, 0.717) is 6.61 Å². The van der Waals surface area contributed by atoms with Crippen LogP contribution in [0, 0.1) is 5.92 Å². The third kappa shape index (κ3) is 3.60. The lowest BCUT2D eigenvalue weighted by Crippen LogP contribution is -2.29. The third-order valence-corrected chi connectivity index (χ3v) is 1.23. The zero-order valence-electron chi connectivity index (χ0n) is 6.79. The quantitative estimate of drug-likeness (QED) is 0.466. The minimum absolute atomic E-state index is 0.344. The van der Waals surface area contributed by atoms with E-state index in [1.54, 1.807) is 0 Å². The molecule has 0 heterocycles. The number of carbonyl (C=O) groups is 2. The molecule has 1 amide bonds. The molecule has 0 spiro atoms. The highest BCUT2D eigenvalue weighted by molar-refractivity contribution is 5.96. The lowest BCUT2D eigenvalue weighted by molar-refractivity contribution is -0.151. The number of hydrogen-bond acceptors (Lipinski definition) is 3. The van der Waals surface area contributed by atoms with Gasteiger partial charge in [-0.05, 0) is 13.3 Å². The zero-order valence-corrected chi connectivity index (χ0v) is 6.79. The molecule has 0 bridgehead atoms. The van der Waals surface area contributed by atoms with Crippen LogP contribution in [-0.2, 0) is 14.3 Å². The van der Waals surface area contributed by atoms with E-state index in [0.717, 1.165) is 6.42 Å². The summed E-state index contributed by atoms with van der Waals surface area (Å²) in [4.78, 5) is 21.2. The Hall–Kier alpha value is -1.06. The summed E-state index contributed by atoms with van der Waals surface area (Å²) in [5.41, 5.74) is 4.87. The lowest BCUT2D eigenvalue weighted by Gasteiger charge is -2.06. The second kappa shape index (κ2) is 4.71. The van der Waals surface area contributed by atoms with Crippen LogP contribution < -0.4 is 5.73 Å². The summed E-state index contributed by atoms with van der Waals surface area (Å²) in [6, 6.07) is 0. The molecular formula is C7H13NO3. The number of hydrogen-bond donors (Lipinski definition) is 1. The van der Waals surface area contributed by atoms with Crippen LogP contribution >= 0.6 is 0 Å². The van der Waals surface area contributed by atoms with Gasteiger partial charge in [0.05, 0.1) is 6.61 Å². The van der Waals surface area contributed by atoms with Crippen LogP contribution in [0.25, 0.3) is 0 Å². The molecule has 0 aliphatic heterocycles. The van der Waals surface area contributed by atoms with Crippen molar-refractivity contribution in [1.29, 1.82) is 0 Å². The second-order valence-electron chi connectivity index (χ2n) is 2.29. The van der Waals surface area contributed by atoms with Crippen LogP contribution in [0.15, 0.2) is 0 Å². The van der Waals surface area contributed by atoms with Gasteiger partial charge in [0.1, 0.15) is 5.92 Å². The Kier molecular flexibility index (Phi) is 4.26. The molecule has 0 aromatic heterocycles. The van der Waals surface area contributed by atoms with Gasteiger partial charge in [-0.25, -0.2) is 0 Å². The average molecular weight is 159 g/mol. The van der Waals surface area contributed by atoms with E-state index in [4.69, 9.17) is 5.73 Å². The molecule has 0 saturated carbocycles. The molecule has 64 valence electrons. The Morgan fingerprint density at radius 3 is 2.45 bits per heavy atom. The van der Waals surface area contributed by atoms with Crippen molar-refractivity contribution in [2.45, 2.75) is 20.3 Å². The highest BCUT2D eigenvalue weighted by Gasteiger charge is 2.19. The summed E-state index contributed by atoms with van der Waals surface area (Å²) < 4.78 is 4.67. The van der Waals surface area contributed by atoms with Crippen molar-refractivity contribution in [3.8, 4) is 0 Å². The van der Waals surface area contributed by atoms with Crippen molar-refractivity contribution in [2.24, 2.45) is 11.7 Å². The third-order valence-electron chi connectivity index (χ3n) is 1.23. The van der Waals surface area contributed by atoms with Crippen LogP contribution in [0.5, 0.6) is 0 Å². The molecule has 4 heteroatoms. The normalized spacial score (nSPS) is 12.2. The fourth-order valence-electron chi connectivity index (χ4n) is 0.444. The topological polar surface area (TPSA) is 69.4 Å². The molecule has 1 unspecified atom stereocenters. The number of nitrogens with two attached hydrogens (primary N) is 1. The minimum Gasteiger partial charge on any atom is -0.465 e. The Morgan fingerprint density at radius 1 is 1.55 bits per heavy atom. The van der Waals surface area contributed by atoms with Gasteiger partial charge in [0.15, 0.2) is 0 Å². The smallest absolute Gasteiger partial charge is 0.318 e. The van der Waals surface area contributed by atoms with E-state index in [1.165, 1.54) is 6.92 Å². The fourth-order valence-corrected chi connectivity index (χ4v) is 0.444. The summed E-state index contributed by atoms with van der Waals surface area (Å²) in [6.07, 6.45) is 0.747. The van der Waals surface area contributed by atoms with Crippen molar-refractivity contribution in [1.82, 2.24) is 0 Å². The van der Waals surface area contributed by atoms with Crippen LogP contribution in [0.1, 0.15) is 20.3 Å². The molecule has 0 aliphatic carbocycles. The number of rotatable bonds is 4. The van der Waals surface area contributed by atoms with E-state index in [-0.39, 0.29) is 0 Å². The van der Waals surface area contributed by atoms with Gasteiger partial charge in [-0.3, -0.25) is 9.59 Å². The first kappa shape index (κ1) is 9.94. The van der Waals surface area contributed by atoms with Crippen LogP contribution in [-0.4, -0.2) is 18.5 Å². The molecule has 4 nitrogen and oxygen atoms in total. The SMILES string of the molecule is CCCOC(=O)C(C)C(N)=O. The molecule has 2 N–H and O–H groups in total. The molecule has 0 aromatic carbocycles. The predicted molar refractivity (Wildman–Crippen MR) is 39.6 cm³/mol. The zero-order chi connectivity index (χ0) is 8.85. The van der Waals surface area contributed by atoms with Crippen molar-refractivity contribution in [2.75, 3.05) is 6.61 Å². The van der Waals surface area contributed by atoms with Gasteiger partial charge in [-0.2, -0.15) is 0 Å². The van der Waals surface area contributed by atoms with E-state index in [1.807, 2.05) is 6.92 Å². The molecule has 0 rings (SSSR count). The predicted octanol–water partition coefficient (Wildman–Crippen LogP) is 0.0610. The number of primary amides is 1. The van der Waals surface area contributed by atoms with Crippen molar-refractivity contribution in [3.05, 3.63) is 0 Å². The maximum Gasteiger partial charge on any atom is 0.318 e. The largest absolute Gasteiger partial charge is 0.465 e. The number of carbonyl (C=O) groups excluding carboxylic acids is 2. The monoisotopic (exact) mass is 159 g/mol. The van der Waals surface area contributed by atoms with E-state index in [9.17, 15) is 9.59 Å². The first-order valence-corrected chi connectivity index (χ1v) is 3.55. The van der Waals surface area contributed by atoms with Gasteiger partial charge in [0.25, 0.3) is 0 Å². The molecule has 1 atom stereocenters. The van der Waals surface area contributed by atoms with Gasteiger partial charge in [-0.15, -0.1) is 0 Å². The molecule has 0 radical (unpaired) electrons. The highest BCUT2D eigenvalue weighted by atomic mass is 16.5. The molecule has 0 fully saturated rings. The van der Waals surface area contributed by atoms with Gasteiger partial charge < -0.3 is 10.5 Å². The Morgan fingerprint density at radius 2 is 2.09 bits per heavy atom. The molecule has 0 aliphatic rings. The first-order chi connectivity index (χ1) is 5.09. The van der Waals surface area contributed by atoms with E-state index >= 15 is 0 Å².